The highest BCUT2D eigenvalue weighted by atomic mass is 16.4. The molecule has 21 heavy (non-hydrogen) atoms. The summed E-state index contributed by atoms with van der Waals surface area (Å²) in [7, 11) is 4.17. The van der Waals surface area contributed by atoms with Crippen molar-refractivity contribution in [2.24, 2.45) is 0 Å². The molecule has 1 aliphatic rings. The Kier molecular flexibility index (Phi) is 3.55. The molecule has 112 valence electrons. The first-order valence-corrected chi connectivity index (χ1v) is 7.10. The highest BCUT2D eigenvalue weighted by molar-refractivity contribution is 5.92. The molecule has 0 saturated carbocycles. The summed E-state index contributed by atoms with van der Waals surface area (Å²) in [5.41, 5.74) is 1.44. The molecule has 0 aliphatic carbocycles. The molecular formula is C15H19N3O3. The fourth-order valence-electron chi connectivity index (χ4n) is 2.73. The van der Waals surface area contributed by atoms with Gasteiger partial charge in [0.05, 0.1) is 5.56 Å². The molecule has 1 aliphatic heterocycles. The fraction of sp³-hybridized carbons (Fsp3) is 0.467. The second kappa shape index (κ2) is 5.37. The monoisotopic (exact) mass is 289 g/mol. The maximum Gasteiger partial charge on any atom is 0.335 e. The van der Waals surface area contributed by atoms with E-state index in [1.54, 1.807) is 12.1 Å². The van der Waals surface area contributed by atoms with Crippen LogP contribution >= 0.6 is 0 Å². The lowest BCUT2D eigenvalue weighted by Crippen LogP contribution is -2.45. The van der Waals surface area contributed by atoms with Crippen LogP contribution in [0.25, 0.3) is 11.1 Å². The van der Waals surface area contributed by atoms with Gasteiger partial charge in [0, 0.05) is 19.1 Å². The van der Waals surface area contributed by atoms with Crippen LogP contribution < -0.4 is 4.90 Å². The third kappa shape index (κ3) is 2.71. The van der Waals surface area contributed by atoms with Crippen molar-refractivity contribution in [3.05, 3.63) is 23.8 Å². The first-order chi connectivity index (χ1) is 10.0. The number of likely N-dealkylation sites (N-methyl/N-ethyl adjacent to an activating group) is 1. The van der Waals surface area contributed by atoms with Crippen LogP contribution in [0.4, 0.5) is 6.01 Å². The molecule has 1 unspecified atom stereocenters. The summed E-state index contributed by atoms with van der Waals surface area (Å²) >= 11 is 0. The summed E-state index contributed by atoms with van der Waals surface area (Å²) in [6.07, 6.45) is 2.27. The predicted molar refractivity (Wildman–Crippen MR) is 79.9 cm³/mol. The summed E-state index contributed by atoms with van der Waals surface area (Å²) in [4.78, 5) is 19.8. The van der Waals surface area contributed by atoms with E-state index in [2.05, 4.69) is 28.9 Å². The minimum Gasteiger partial charge on any atom is -0.478 e. The van der Waals surface area contributed by atoms with Crippen molar-refractivity contribution in [2.45, 2.75) is 18.9 Å². The van der Waals surface area contributed by atoms with Crippen LogP contribution in [-0.4, -0.2) is 54.2 Å². The van der Waals surface area contributed by atoms with Crippen LogP contribution in [0.15, 0.2) is 22.6 Å². The topological polar surface area (TPSA) is 69.8 Å². The van der Waals surface area contributed by atoms with Crippen molar-refractivity contribution in [3.63, 3.8) is 0 Å². The number of piperidine rings is 1. The Labute approximate surface area is 123 Å². The molecule has 0 bridgehead atoms. The second-order valence-electron chi connectivity index (χ2n) is 5.69. The van der Waals surface area contributed by atoms with Crippen LogP contribution in [0.5, 0.6) is 0 Å². The minimum absolute atomic E-state index is 0.218. The van der Waals surface area contributed by atoms with Crippen molar-refractivity contribution in [1.29, 1.82) is 0 Å². The maximum atomic E-state index is 11.0. The van der Waals surface area contributed by atoms with Gasteiger partial charge in [-0.15, -0.1) is 0 Å². The van der Waals surface area contributed by atoms with E-state index in [-0.39, 0.29) is 5.56 Å². The van der Waals surface area contributed by atoms with E-state index in [0.717, 1.165) is 19.5 Å². The standard InChI is InChI=1S/C15H19N3O3/c1-17(2)11-4-3-7-18(9-11)15-16-12-6-5-10(14(19)20)8-13(12)21-15/h5-6,8,11H,3-4,7,9H2,1-2H3,(H,19,20). The number of nitrogens with zero attached hydrogens (tertiary/aromatic N) is 3. The Morgan fingerprint density at radius 2 is 2.29 bits per heavy atom. The number of anilines is 1. The van der Waals surface area contributed by atoms with Crippen LogP contribution in [0, 0.1) is 0 Å². The molecule has 1 aromatic carbocycles. The lowest BCUT2D eigenvalue weighted by molar-refractivity contribution is 0.0697. The number of aromatic nitrogens is 1. The zero-order valence-electron chi connectivity index (χ0n) is 12.2. The first kappa shape index (κ1) is 13.9. The summed E-state index contributed by atoms with van der Waals surface area (Å²) in [5, 5.41) is 9.02. The van der Waals surface area contributed by atoms with Crippen molar-refractivity contribution < 1.29 is 14.3 Å². The van der Waals surface area contributed by atoms with Gasteiger partial charge in [-0.05, 0) is 45.1 Å². The number of hydrogen-bond acceptors (Lipinski definition) is 5. The van der Waals surface area contributed by atoms with E-state index in [4.69, 9.17) is 9.52 Å². The molecule has 1 atom stereocenters. The lowest BCUT2D eigenvalue weighted by Gasteiger charge is -2.35. The number of carboxylic acids is 1. The number of rotatable bonds is 3. The molecule has 1 saturated heterocycles. The van der Waals surface area contributed by atoms with Gasteiger partial charge in [0.2, 0.25) is 0 Å². The van der Waals surface area contributed by atoms with E-state index in [0.29, 0.717) is 23.2 Å². The maximum absolute atomic E-state index is 11.0. The molecule has 1 fully saturated rings. The van der Waals surface area contributed by atoms with E-state index in [1.807, 2.05) is 0 Å². The zero-order valence-corrected chi connectivity index (χ0v) is 12.2. The normalized spacial score (nSPS) is 19.4. The predicted octanol–water partition coefficient (Wildman–Crippen LogP) is 2.06. The molecule has 6 heteroatoms. The lowest BCUT2D eigenvalue weighted by atomic mass is 10.1. The molecule has 2 heterocycles. The average Bonchev–Trinajstić information content (AvgIpc) is 2.90. The molecule has 6 nitrogen and oxygen atoms in total. The van der Waals surface area contributed by atoms with Crippen molar-refractivity contribution in [3.8, 4) is 0 Å². The largest absolute Gasteiger partial charge is 0.478 e. The summed E-state index contributed by atoms with van der Waals surface area (Å²) in [6.45, 7) is 1.80. The van der Waals surface area contributed by atoms with Gasteiger partial charge in [-0.25, -0.2) is 4.79 Å². The van der Waals surface area contributed by atoms with Crippen molar-refractivity contribution in [2.75, 3.05) is 32.1 Å². The SMILES string of the molecule is CN(C)C1CCCN(c2nc3ccc(C(=O)O)cc3o2)C1. The highest BCUT2D eigenvalue weighted by Crippen LogP contribution is 2.26. The highest BCUT2D eigenvalue weighted by Gasteiger charge is 2.24. The fourth-order valence-corrected chi connectivity index (χ4v) is 2.73. The number of benzene rings is 1. The number of aromatic carboxylic acids is 1. The molecule has 0 spiro atoms. The van der Waals surface area contributed by atoms with Crippen molar-refractivity contribution in [1.82, 2.24) is 9.88 Å². The van der Waals surface area contributed by atoms with Gasteiger partial charge in [0.1, 0.15) is 5.52 Å². The summed E-state index contributed by atoms with van der Waals surface area (Å²) < 4.78 is 5.76. The number of fused-ring (bicyclic) bond motifs is 1. The smallest absolute Gasteiger partial charge is 0.335 e. The van der Waals surface area contributed by atoms with Gasteiger partial charge in [0.25, 0.3) is 6.01 Å². The Hall–Kier alpha value is -2.08. The third-order valence-electron chi connectivity index (χ3n) is 4.02. The van der Waals surface area contributed by atoms with Crippen LogP contribution in [0.2, 0.25) is 0 Å². The Morgan fingerprint density at radius 3 is 3.00 bits per heavy atom. The summed E-state index contributed by atoms with van der Waals surface area (Å²) in [5.74, 6) is -0.958. The van der Waals surface area contributed by atoms with E-state index in [9.17, 15) is 4.79 Å². The van der Waals surface area contributed by atoms with E-state index in [1.165, 1.54) is 12.5 Å². The van der Waals surface area contributed by atoms with Gasteiger partial charge in [0.15, 0.2) is 5.58 Å². The van der Waals surface area contributed by atoms with E-state index >= 15 is 0 Å². The Morgan fingerprint density at radius 1 is 1.48 bits per heavy atom. The van der Waals surface area contributed by atoms with Crippen LogP contribution in [0.1, 0.15) is 23.2 Å². The minimum atomic E-state index is -0.958. The Balaban J connectivity index is 1.88. The molecular weight excluding hydrogens is 270 g/mol. The molecule has 0 radical (unpaired) electrons. The van der Waals surface area contributed by atoms with Gasteiger partial charge < -0.3 is 19.3 Å². The number of oxazole rings is 1. The van der Waals surface area contributed by atoms with Gasteiger partial charge in [-0.3, -0.25) is 0 Å². The third-order valence-corrected chi connectivity index (χ3v) is 4.02. The van der Waals surface area contributed by atoms with Crippen LogP contribution in [-0.2, 0) is 0 Å². The number of hydrogen-bond donors (Lipinski definition) is 1. The number of carboxylic acid groups (broad SMARTS) is 1. The Bertz CT molecular complexity index is 665. The molecule has 0 amide bonds. The van der Waals surface area contributed by atoms with Gasteiger partial charge >= 0.3 is 5.97 Å². The summed E-state index contributed by atoms with van der Waals surface area (Å²) in [6, 6.07) is 5.85. The second-order valence-corrected chi connectivity index (χ2v) is 5.69. The molecule has 2 aromatic rings. The van der Waals surface area contributed by atoms with Crippen molar-refractivity contribution >= 4 is 23.1 Å². The zero-order chi connectivity index (χ0) is 15.0. The molecule has 3 rings (SSSR count). The first-order valence-electron chi connectivity index (χ1n) is 7.10. The van der Waals surface area contributed by atoms with Gasteiger partial charge in [-0.1, -0.05) is 0 Å². The molecule has 1 aromatic heterocycles. The van der Waals surface area contributed by atoms with Gasteiger partial charge in [-0.2, -0.15) is 4.98 Å². The molecule has 1 N–H and O–H groups in total. The number of carbonyl (C=O) groups is 1. The van der Waals surface area contributed by atoms with E-state index < -0.39 is 5.97 Å². The quantitative estimate of drug-likeness (QED) is 0.932. The van der Waals surface area contributed by atoms with Crippen LogP contribution in [0.3, 0.4) is 0 Å². The average molecular weight is 289 g/mol.